The van der Waals surface area contributed by atoms with E-state index in [0.29, 0.717) is 25.9 Å². The van der Waals surface area contributed by atoms with Gasteiger partial charge in [0.1, 0.15) is 0 Å². The first-order chi connectivity index (χ1) is 16.6. The van der Waals surface area contributed by atoms with Crippen molar-refractivity contribution in [3.8, 4) is 0 Å². The molecule has 1 fully saturated rings. The van der Waals surface area contributed by atoms with Gasteiger partial charge in [-0.1, -0.05) is 67.4 Å². The minimum absolute atomic E-state index is 0.124. The van der Waals surface area contributed by atoms with Gasteiger partial charge in [-0.05, 0) is 62.1 Å². The van der Waals surface area contributed by atoms with Gasteiger partial charge >= 0.3 is 5.97 Å². The second kappa shape index (κ2) is 13.9. The standard InChI is InChI=1S/C29H39NO4/c1-2-34-29(33)15-8-3-4-9-20-30-26(17-19-28(30)32)16-18-27(31)25-14-10-13-24(22-25)21-23-11-6-5-7-12-23/h5-7,10-14,22,26-27,31H,2-4,8-9,15-21H2,1H3/t26-,27?/m0/s1. The molecular weight excluding hydrogens is 426 g/mol. The second-order valence-electron chi connectivity index (χ2n) is 9.25. The lowest BCUT2D eigenvalue weighted by Crippen LogP contribution is -2.34. The minimum Gasteiger partial charge on any atom is -0.466 e. The van der Waals surface area contributed by atoms with Gasteiger partial charge in [-0.15, -0.1) is 0 Å². The molecule has 1 saturated heterocycles. The van der Waals surface area contributed by atoms with E-state index in [9.17, 15) is 14.7 Å². The van der Waals surface area contributed by atoms with Crippen LogP contribution >= 0.6 is 0 Å². The molecule has 1 heterocycles. The molecular formula is C29H39NO4. The summed E-state index contributed by atoms with van der Waals surface area (Å²) in [6.45, 7) is 3.03. The molecule has 5 heteroatoms. The Morgan fingerprint density at radius 3 is 2.62 bits per heavy atom. The van der Waals surface area contributed by atoms with Crippen molar-refractivity contribution >= 4 is 11.9 Å². The summed E-state index contributed by atoms with van der Waals surface area (Å²) in [7, 11) is 0. The number of esters is 1. The highest BCUT2D eigenvalue weighted by atomic mass is 16.5. The Balaban J connectivity index is 1.41. The third-order valence-electron chi connectivity index (χ3n) is 6.65. The van der Waals surface area contributed by atoms with E-state index >= 15 is 0 Å². The summed E-state index contributed by atoms with van der Waals surface area (Å²) in [5.74, 6) is 0.109. The first-order valence-corrected chi connectivity index (χ1v) is 12.8. The molecule has 2 aromatic carbocycles. The van der Waals surface area contributed by atoms with Crippen LogP contribution in [0.15, 0.2) is 54.6 Å². The van der Waals surface area contributed by atoms with Crippen molar-refractivity contribution in [2.45, 2.75) is 83.3 Å². The lowest BCUT2D eigenvalue weighted by Gasteiger charge is -2.26. The molecule has 2 aromatic rings. The lowest BCUT2D eigenvalue weighted by molar-refractivity contribution is -0.143. The number of likely N-dealkylation sites (tertiary alicyclic amines) is 1. The highest BCUT2D eigenvalue weighted by molar-refractivity contribution is 5.78. The lowest BCUT2D eigenvalue weighted by atomic mass is 9.97. The van der Waals surface area contributed by atoms with Gasteiger partial charge in [-0.3, -0.25) is 9.59 Å². The summed E-state index contributed by atoms with van der Waals surface area (Å²) < 4.78 is 4.96. The van der Waals surface area contributed by atoms with Crippen LogP contribution in [0.4, 0.5) is 0 Å². The van der Waals surface area contributed by atoms with Crippen molar-refractivity contribution in [3.05, 3.63) is 71.3 Å². The zero-order valence-electron chi connectivity index (χ0n) is 20.5. The number of hydrogen-bond acceptors (Lipinski definition) is 4. The van der Waals surface area contributed by atoms with Gasteiger partial charge in [0.25, 0.3) is 0 Å². The molecule has 1 aliphatic heterocycles. The van der Waals surface area contributed by atoms with Crippen LogP contribution in [0.2, 0.25) is 0 Å². The molecule has 1 aliphatic rings. The van der Waals surface area contributed by atoms with Crippen molar-refractivity contribution < 1.29 is 19.4 Å². The zero-order chi connectivity index (χ0) is 24.2. The van der Waals surface area contributed by atoms with Crippen LogP contribution < -0.4 is 0 Å². The van der Waals surface area contributed by atoms with Crippen molar-refractivity contribution in [3.63, 3.8) is 0 Å². The van der Waals surface area contributed by atoms with E-state index in [4.69, 9.17) is 4.74 Å². The van der Waals surface area contributed by atoms with E-state index in [1.807, 2.05) is 42.2 Å². The molecule has 1 unspecified atom stereocenters. The molecule has 1 N–H and O–H groups in total. The molecule has 5 nitrogen and oxygen atoms in total. The van der Waals surface area contributed by atoms with Gasteiger partial charge in [0.15, 0.2) is 0 Å². The number of nitrogens with zero attached hydrogens (tertiary/aromatic N) is 1. The Kier molecular flexibility index (Phi) is 10.6. The van der Waals surface area contributed by atoms with Gasteiger partial charge in [-0.25, -0.2) is 0 Å². The number of carbonyl (C=O) groups excluding carboxylic acids is 2. The van der Waals surface area contributed by atoms with Crippen molar-refractivity contribution in [1.29, 1.82) is 0 Å². The third kappa shape index (κ3) is 8.28. The number of aliphatic hydroxyl groups excluding tert-OH is 1. The number of amides is 1. The van der Waals surface area contributed by atoms with E-state index in [1.165, 1.54) is 11.1 Å². The Morgan fingerprint density at radius 1 is 1.06 bits per heavy atom. The maximum atomic E-state index is 12.4. The maximum absolute atomic E-state index is 12.4. The molecule has 0 saturated carbocycles. The molecule has 0 aromatic heterocycles. The summed E-state index contributed by atoms with van der Waals surface area (Å²) in [5, 5.41) is 10.8. The maximum Gasteiger partial charge on any atom is 0.305 e. The Hall–Kier alpha value is -2.66. The summed E-state index contributed by atoms with van der Waals surface area (Å²) in [4.78, 5) is 25.8. The summed E-state index contributed by atoms with van der Waals surface area (Å²) >= 11 is 0. The SMILES string of the molecule is CCOC(=O)CCCCCCN1C(=O)CC[C@@H]1CCC(O)c1cccc(Cc2ccccc2)c1. The fourth-order valence-electron chi connectivity index (χ4n) is 4.80. The molecule has 0 aliphatic carbocycles. The first-order valence-electron chi connectivity index (χ1n) is 12.8. The number of unbranched alkanes of at least 4 members (excludes halogenated alkanes) is 3. The molecule has 1 amide bonds. The zero-order valence-corrected chi connectivity index (χ0v) is 20.5. The first kappa shape index (κ1) is 26.0. The van der Waals surface area contributed by atoms with Gasteiger partial charge < -0.3 is 14.7 Å². The average molecular weight is 466 g/mol. The molecule has 184 valence electrons. The van der Waals surface area contributed by atoms with Gasteiger partial charge in [0.2, 0.25) is 5.91 Å². The van der Waals surface area contributed by atoms with Gasteiger partial charge in [0.05, 0.1) is 12.7 Å². The molecule has 2 atom stereocenters. The number of ether oxygens (including phenoxy) is 1. The minimum atomic E-state index is -0.517. The Labute approximate surface area is 204 Å². The van der Waals surface area contributed by atoms with Crippen LogP contribution in [0.3, 0.4) is 0 Å². The van der Waals surface area contributed by atoms with Crippen LogP contribution in [0.5, 0.6) is 0 Å². The number of rotatable bonds is 14. The fraction of sp³-hybridized carbons (Fsp3) is 0.517. The number of hydrogen-bond donors (Lipinski definition) is 1. The largest absolute Gasteiger partial charge is 0.466 e. The van der Waals surface area contributed by atoms with Crippen molar-refractivity contribution in [1.82, 2.24) is 4.90 Å². The highest BCUT2D eigenvalue weighted by Gasteiger charge is 2.30. The monoisotopic (exact) mass is 465 g/mol. The smallest absolute Gasteiger partial charge is 0.305 e. The van der Waals surface area contributed by atoms with Crippen LogP contribution in [-0.2, 0) is 20.7 Å². The van der Waals surface area contributed by atoms with Crippen molar-refractivity contribution in [2.75, 3.05) is 13.2 Å². The number of aliphatic hydroxyl groups is 1. The number of carbonyl (C=O) groups is 2. The molecule has 0 spiro atoms. The van der Waals surface area contributed by atoms with Crippen molar-refractivity contribution in [2.24, 2.45) is 0 Å². The highest BCUT2D eigenvalue weighted by Crippen LogP contribution is 2.28. The normalized spacial score (nSPS) is 16.6. The summed E-state index contributed by atoms with van der Waals surface area (Å²) in [5.41, 5.74) is 3.41. The third-order valence-corrected chi connectivity index (χ3v) is 6.65. The van der Waals surface area contributed by atoms with Crippen LogP contribution in [0.1, 0.15) is 87.5 Å². The fourth-order valence-corrected chi connectivity index (χ4v) is 4.80. The van der Waals surface area contributed by atoms with Gasteiger partial charge in [-0.2, -0.15) is 0 Å². The molecule has 0 radical (unpaired) electrons. The van der Waals surface area contributed by atoms with E-state index in [0.717, 1.165) is 57.1 Å². The Bertz CT molecular complexity index is 898. The quantitative estimate of drug-likeness (QED) is 0.291. The molecule has 3 rings (SSSR count). The molecule has 34 heavy (non-hydrogen) atoms. The van der Waals surface area contributed by atoms with Gasteiger partial charge in [0, 0.05) is 25.4 Å². The second-order valence-corrected chi connectivity index (χ2v) is 9.25. The summed E-state index contributed by atoms with van der Waals surface area (Å²) in [6.07, 6.45) is 7.54. The number of benzene rings is 2. The van der Waals surface area contributed by atoms with E-state index < -0.39 is 6.10 Å². The average Bonchev–Trinajstić information content (AvgIpc) is 3.20. The Morgan fingerprint density at radius 2 is 1.82 bits per heavy atom. The predicted molar refractivity (Wildman–Crippen MR) is 134 cm³/mol. The van der Waals surface area contributed by atoms with Crippen LogP contribution in [-0.4, -0.2) is 41.1 Å². The molecule has 0 bridgehead atoms. The van der Waals surface area contributed by atoms with E-state index in [2.05, 4.69) is 24.3 Å². The topological polar surface area (TPSA) is 66.8 Å². The van der Waals surface area contributed by atoms with Crippen LogP contribution in [0, 0.1) is 0 Å². The van der Waals surface area contributed by atoms with E-state index in [1.54, 1.807) is 0 Å². The predicted octanol–water partition coefficient (Wildman–Crippen LogP) is 5.60. The summed E-state index contributed by atoms with van der Waals surface area (Å²) in [6, 6.07) is 18.8. The van der Waals surface area contributed by atoms with E-state index in [-0.39, 0.29) is 17.9 Å². The van der Waals surface area contributed by atoms with Crippen LogP contribution in [0.25, 0.3) is 0 Å².